The van der Waals surface area contributed by atoms with Gasteiger partial charge in [-0.3, -0.25) is 0 Å². The Labute approximate surface area is 96.9 Å². The van der Waals surface area contributed by atoms with Gasteiger partial charge in [0.1, 0.15) is 0 Å². The van der Waals surface area contributed by atoms with Gasteiger partial charge in [0.15, 0.2) is 0 Å². The zero-order chi connectivity index (χ0) is 11.4. The molecule has 0 bridgehead atoms. The van der Waals surface area contributed by atoms with Crippen molar-refractivity contribution in [2.45, 2.75) is 12.0 Å². The molecule has 0 aromatic heterocycles. The highest BCUT2D eigenvalue weighted by Gasteiger charge is 2.17. The molecule has 2 rings (SSSR count). The molecule has 0 amide bonds. The van der Waals surface area contributed by atoms with Gasteiger partial charge in [-0.1, -0.05) is 60.7 Å². The predicted octanol–water partition coefficient (Wildman–Crippen LogP) is 2.98. The molecular formula is C15H16N. The van der Waals surface area contributed by atoms with Crippen LogP contribution in [0.1, 0.15) is 17.0 Å². The number of hydrogen-bond donors (Lipinski definition) is 1. The van der Waals surface area contributed by atoms with E-state index in [1.807, 2.05) is 36.4 Å². The highest BCUT2D eigenvalue weighted by atomic mass is 14.6. The second-order valence-corrected chi connectivity index (χ2v) is 3.96. The molecule has 0 spiro atoms. The van der Waals surface area contributed by atoms with Gasteiger partial charge in [0.25, 0.3) is 0 Å². The molecule has 16 heavy (non-hydrogen) atoms. The third-order valence-corrected chi connectivity index (χ3v) is 2.75. The zero-order valence-corrected chi connectivity index (χ0v) is 9.21. The average Bonchev–Trinajstić information content (AvgIpc) is 2.31. The number of rotatable bonds is 3. The quantitative estimate of drug-likeness (QED) is 0.828. The van der Waals surface area contributed by atoms with Crippen LogP contribution in [0.15, 0.2) is 60.7 Å². The summed E-state index contributed by atoms with van der Waals surface area (Å²) in [4.78, 5) is 0. The van der Waals surface area contributed by atoms with Gasteiger partial charge in [0, 0.05) is 12.0 Å². The van der Waals surface area contributed by atoms with E-state index in [1.54, 1.807) is 0 Å². The third kappa shape index (κ3) is 2.31. The molecule has 0 fully saturated rings. The molecule has 2 N–H and O–H groups in total. The third-order valence-electron chi connectivity index (χ3n) is 2.75. The van der Waals surface area contributed by atoms with Crippen molar-refractivity contribution in [3.8, 4) is 0 Å². The minimum atomic E-state index is -0.134. The molecule has 81 valence electrons. The summed E-state index contributed by atoms with van der Waals surface area (Å²) in [5.74, 6) is 0.169. The van der Waals surface area contributed by atoms with E-state index in [4.69, 9.17) is 5.73 Å². The minimum absolute atomic E-state index is 0.134. The van der Waals surface area contributed by atoms with Gasteiger partial charge < -0.3 is 5.73 Å². The number of benzene rings is 2. The molecule has 2 aromatic carbocycles. The summed E-state index contributed by atoms with van der Waals surface area (Å²) in [6.45, 7) is 3.97. The van der Waals surface area contributed by atoms with Crippen LogP contribution in [0.25, 0.3) is 0 Å². The monoisotopic (exact) mass is 210 g/mol. The molecule has 0 aliphatic carbocycles. The van der Waals surface area contributed by atoms with E-state index in [0.717, 1.165) is 0 Å². The van der Waals surface area contributed by atoms with Gasteiger partial charge in [-0.25, -0.2) is 0 Å². The number of hydrogen-bond acceptors (Lipinski definition) is 1. The summed E-state index contributed by atoms with van der Waals surface area (Å²) < 4.78 is 0. The van der Waals surface area contributed by atoms with Gasteiger partial charge in [0.05, 0.1) is 0 Å². The van der Waals surface area contributed by atoms with Crippen LogP contribution in [0, 0.1) is 6.92 Å². The molecule has 1 radical (unpaired) electrons. The first-order chi connectivity index (χ1) is 7.79. The van der Waals surface area contributed by atoms with Crippen LogP contribution in [-0.4, -0.2) is 6.04 Å². The Morgan fingerprint density at radius 1 is 0.750 bits per heavy atom. The summed E-state index contributed by atoms with van der Waals surface area (Å²) in [6.07, 6.45) is 0. The highest BCUT2D eigenvalue weighted by Crippen LogP contribution is 2.26. The molecule has 1 nitrogen and oxygen atoms in total. The van der Waals surface area contributed by atoms with Crippen LogP contribution in [0.5, 0.6) is 0 Å². The fourth-order valence-corrected chi connectivity index (χ4v) is 2.01. The molecule has 0 saturated carbocycles. The lowest BCUT2D eigenvalue weighted by Crippen LogP contribution is -2.25. The molecule has 0 saturated heterocycles. The molecule has 2 aromatic rings. The summed E-state index contributed by atoms with van der Waals surface area (Å²) in [5, 5.41) is 0. The smallest absolute Gasteiger partial charge is 0.0241 e. The van der Waals surface area contributed by atoms with Gasteiger partial charge in [-0.2, -0.15) is 0 Å². The topological polar surface area (TPSA) is 26.0 Å². The van der Waals surface area contributed by atoms with E-state index in [-0.39, 0.29) is 12.0 Å². The predicted molar refractivity (Wildman–Crippen MR) is 68.1 cm³/mol. The Balaban J connectivity index is 2.40. The maximum absolute atomic E-state index is 5.99. The highest BCUT2D eigenvalue weighted by molar-refractivity contribution is 5.34. The van der Waals surface area contributed by atoms with Crippen molar-refractivity contribution < 1.29 is 0 Å². The second kappa shape index (κ2) is 4.95. The fraction of sp³-hybridized carbons (Fsp3) is 0.133. The molecule has 1 unspecified atom stereocenters. The summed E-state index contributed by atoms with van der Waals surface area (Å²) in [6, 6.07) is 20.4. The molecule has 0 aliphatic heterocycles. The Morgan fingerprint density at radius 3 is 1.44 bits per heavy atom. The first-order valence-electron chi connectivity index (χ1n) is 5.47. The Bertz CT molecular complexity index is 380. The van der Waals surface area contributed by atoms with Crippen LogP contribution in [-0.2, 0) is 0 Å². The first-order valence-corrected chi connectivity index (χ1v) is 5.47. The van der Waals surface area contributed by atoms with Crippen molar-refractivity contribution in [1.29, 1.82) is 0 Å². The maximum atomic E-state index is 5.99. The lowest BCUT2D eigenvalue weighted by molar-refractivity contribution is 0.697. The largest absolute Gasteiger partial charge is 0.327 e. The zero-order valence-electron chi connectivity index (χ0n) is 9.21. The van der Waals surface area contributed by atoms with E-state index < -0.39 is 0 Å². The summed E-state index contributed by atoms with van der Waals surface area (Å²) in [7, 11) is 0. The van der Waals surface area contributed by atoms with Crippen molar-refractivity contribution in [3.05, 3.63) is 78.7 Å². The summed E-state index contributed by atoms with van der Waals surface area (Å²) in [5.41, 5.74) is 8.43. The average molecular weight is 210 g/mol. The van der Waals surface area contributed by atoms with Gasteiger partial charge in [-0.15, -0.1) is 0 Å². The lowest BCUT2D eigenvalue weighted by atomic mass is 9.86. The first kappa shape index (κ1) is 10.9. The van der Waals surface area contributed by atoms with Crippen molar-refractivity contribution in [2.75, 3.05) is 0 Å². The standard InChI is InChI=1S/C15H16N/c1-12(16)15(13-8-4-2-5-9-13)14-10-6-3-7-11-14/h2-12,15H,1,16H2. The fourth-order valence-electron chi connectivity index (χ4n) is 2.01. The lowest BCUT2D eigenvalue weighted by Gasteiger charge is -2.21. The van der Waals surface area contributed by atoms with E-state index in [9.17, 15) is 0 Å². The minimum Gasteiger partial charge on any atom is -0.327 e. The van der Waals surface area contributed by atoms with Crippen molar-refractivity contribution in [1.82, 2.24) is 0 Å². The number of nitrogens with two attached hydrogens (primary N) is 1. The van der Waals surface area contributed by atoms with Crippen LogP contribution in [0.3, 0.4) is 0 Å². The Hall–Kier alpha value is -1.60. The van der Waals surface area contributed by atoms with Crippen molar-refractivity contribution in [3.63, 3.8) is 0 Å². The van der Waals surface area contributed by atoms with Gasteiger partial charge >= 0.3 is 0 Å². The molecule has 1 heteroatoms. The van der Waals surface area contributed by atoms with Crippen LogP contribution < -0.4 is 5.73 Å². The van der Waals surface area contributed by atoms with Gasteiger partial charge in [-0.05, 0) is 18.1 Å². The molecule has 0 heterocycles. The van der Waals surface area contributed by atoms with Gasteiger partial charge in [0.2, 0.25) is 0 Å². The van der Waals surface area contributed by atoms with E-state index in [1.165, 1.54) is 11.1 Å². The Morgan fingerprint density at radius 2 is 1.12 bits per heavy atom. The second-order valence-electron chi connectivity index (χ2n) is 3.96. The van der Waals surface area contributed by atoms with Crippen LogP contribution in [0.4, 0.5) is 0 Å². The van der Waals surface area contributed by atoms with E-state index in [2.05, 4.69) is 31.2 Å². The molecule has 0 aliphatic rings. The van der Waals surface area contributed by atoms with Crippen molar-refractivity contribution >= 4 is 0 Å². The van der Waals surface area contributed by atoms with Crippen LogP contribution >= 0.6 is 0 Å². The van der Waals surface area contributed by atoms with Crippen molar-refractivity contribution in [2.24, 2.45) is 5.73 Å². The van der Waals surface area contributed by atoms with E-state index >= 15 is 0 Å². The Kier molecular flexibility index (Phi) is 3.37. The van der Waals surface area contributed by atoms with E-state index in [0.29, 0.717) is 0 Å². The normalized spacial score (nSPS) is 12.7. The molecular weight excluding hydrogens is 194 g/mol. The summed E-state index contributed by atoms with van der Waals surface area (Å²) >= 11 is 0. The SMILES string of the molecule is [CH2]C(N)C(c1ccccc1)c1ccccc1. The van der Waals surface area contributed by atoms with Crippen LogP contribution in [0.2, 0.25) is 0 Å². The maximum Gasteiger partial charge on any atom is 0.0241 e. The molecule has 1 atom stereocenters.